The number of carbonyl (C=O) groups is 2. The van der Waals surface area contributed by atoms with Crippen LogP contribution in [0.2, 0.25) is 0 Å². The second-order valence-corrected chi connectivity index (χ2v) is 9.63. The minimum absolute atomic E-state index is 0.0186. The van der Waals surface area contributed by atoms with Crippen LogP contribution < -0.4 is 9.92 Å². The molecule has 0 aromatic heterocycles. The predicted octanol–water partition coefficient (Wildman–Crippen LogP) is 3.73. The molecule has 9 heteroatoms. The zero-order valence-electron chi connectivity index (χ0n) is 20.1. The fourth-order valence-corrected chi connectivity index (χ4v) is 4.51. The fourth-order valence-electron chi connectivity index (χ4n) is 3.58. The van der Waals surface area contributed by atoms with Gasteiger partial charge in [-0.25, -0.2) is 0 Å². The van der Waals surface area contributed by atoms with Crippen molar-refractivity contribution in [1.29, 1.82) is 0 Å². The summed E-state index contributed by atoms with van der Waals surface area (Å²) in [6, 6.07) is 21.2. The van der Waals surface area contributed by atoms with Crippen molar-refractivity contribution in [3.05, 3.63) is 95.6 Å². The summed E-state index contributed by atoms with van der Waals surface area (Å²) in [5.74, 6) is -3.26. The van der Waals surface area contributed by atoms with E-state index in [1.54, 1.807) is 19.1 Å². The first kappa shape index (κ1) is 26.9. The minimum atomic E-state index is -4.05. The van der Waals surface area contributed by atoms with Crippen LogP contribution in [0.3, 0.4) is 0 Å². The SMILES string of the molecule is CCOC(=O)C(CN)C(C(=O)OCc1ccccc1)c1ccc(OS(=O)(=O)c2ccc(C)cc2)cc1. The highest BCUT2D eigenvalue weighted by Gasteiger charge is 2.36. The van der Waals surface area contributed by atoms with Gasteiger partial charge < -0.3 is 19.4 Å². The van der Waals surface area contributed by atoms with Gasteiger partial charge in [0.2, 0.25) is 0 Å². The van der Waals surface area contributed by atoms with E-state index >= 15 is 0 Å². The molecule has 0 aliphatic heterocycles. The molecule has 190 valence electrons. The van der Waals surface area contributed by atoms with Crippen molar-refractivity contribution in [2.24, 2.45) is 11.7 Å². The van der Waals surface area contributed by atoms with Gasteiger partial charge in [-0.1, -0.05) is 60.2 Å². The Hall–Kier alpha value is -3.69. The molecule has 0 saturated heterocycles. The van der Waals surface area contributed by atoms with Gasteiger partial charge in [0.1, 0.15) is 17.3 Å². The van der Waals surface area contributed by atoms with E-state index in [1.165, 1.54) is 36.4 Å². The first-order valence-electron chi connectivity index (χ1n) is 11.4. The highest BCUT2D eigenvalue weighted by atomic mass is 32.2. The predicted molar refractivity (Wildman–Crippen MR) is 134 cm³/mol. The van der Waals surface area contributed by atoms with Crippen LogP contribution in [0.25, 0.3) is 0 Å². The molecular weight excluding hydrogens is 482 g/mol. The summed E-state index contributed by atoms with van der Waals surface area (Å²) in [5.41, 5.74) is 7.98. The van der Waals surface area contributed by atoms with Gasteiger partial charge in [-0.15, -0.1) is 0 Å². The molecule has 2 unspecified atom stereocenters. The Morgan fingerprint density at radius 1 is 0.861 bits per heavy atom. The molecule has 0 saturated carbocycles. The van der Waals surface area contributed by atoms with Crippen LogP contribution in [0, 0.1) is 12.8 Å². The van der Waals surface area contributed by atoms with Gasteiger partial charge in [0, 0.05) is 6.54 Å². The third-order valence-corrected chi connectivity index (χ3v) is 6.74. The molecule has 36 heavy (non-hydrogen) atoms. The van der Waals surface area contributed by atoms with E-state index in [4.69, 9.17) is 19.4 Å². The number of hydrogen-bond donors (Lipinski definition) is 1. The summed E-state index contributed by atoms with van der Waals surface area (Å²) in [6.45, 7) is 3.51. The summed E-state index contributed by atoms with van der Waals surface area (Å²) in [7, 11) is -4.05. The molecule has 0 aliphatic rings. The number of esters is 2. The van der Waals surface area contributed by atoms with Crippen molar-refractivity contribution in [2.75, 3.05) is 13.2 Å². The van der Waals surface area contributed by atoms with E-state index in [2.05, 4.69) is 0 Å². The van der Waals surface area contributed by atoms with Crippen LogP contribution >= 0.6 is 0 Å². The Labute approximate surface area is 211 Å². The molecule has 0 bridgehead atoms. The van der Waals surface area contributed by atoms with Crippen LogP contribution in [0.4, 0.5) is 0 Å². The first-order valence-corrected chi connectivity index (χ1v) is 12.8. The fraction of sp³-hybridized carbons (Fsp3) is 0.259. The van der Waals surface area contributed by atoms with E-state index in [1.807, 2.05) is 37.3 Å². The Morgan fingerprint density at radius 3 is 2.08 bits per heavy atom. The standard InChI is InChI=1S/C27H29NO7S/c1-3-33-26(29)24(17-28)25(27(30)34-18-20-7-5-4-6-8-20)21-11-13-22(14-12-21)35-36(31,32)23-15-9-19(2)10-16-23/h4-16,24-25H,3,17-18,28H2,1-2H3. The van der Waals surface area contributed by atoms with Crippen LogP contribution in [-0.4, -0.2) is 33.5 Å². The Morgan fingerprint density at radius 2 is 1.50 bits per heavy atom. The number of rotatable bonds is 11. The molecule has 0 fully saturated rings. The van der Waals surface area contributed by atoms with Crippen molar-refractivity contribution in [3.8, 4) is 5.75 Å². The Bertz CT molecular complexity index is 1260. The summed E-state index contributed by atoms with van der Waals surface area (Å²) >= 11 is 0. The first-order chi connectivity index (χ1) is 17.2. The highest BCUT2D eigenvalue weighted by Crippen LogP contribution is 2.30. The molecule has 3 aromatic carbocycles. The number of carbonyl (C=O) groups excluding carboxylic acids is 2. The minimum Gasteiger partial charge on any atom is -0.466 e. The highest BCUT2D eigenvalue weighted by molar-refractivity contribution is 7.87. The number of benzene rings is 3. The van der Waals surface area contributed by atoms with Crippen LogP contribution in [0.5, 0.6) is 5.75 Å². The molecule has 0 heterocycles. The molecule has 0 radical (unpaired) electrons. The molecule has 0 amide bonds. The average molecular weight is 512 g/mol. The Balaban J connectivity index is 1.84. The third kappa shape index (κ3) is 6.93. The maximum Gasteiger partial charge on any atom is 0.339 e. The summed E-state index contributed by atoms with van der Waals surface area (Å²) in [4.78, 5) is 25.7. The van der Waals surface area contributed by atoms with E-state index in [9.17, 15) is 18.0 Å². The van der Waals surface area contributed by atoms with Crippen molar-refractivity contribution in [3.63, 3.8) is 0 Å². The van der Waals surface area contributed by atoms with E-state index in [0.717, 1.165) is 11.1 Å². The van der Waals surface area contributed by atoms with Gasteiger partial charge >= 0.3 is 22.1 Å². The second kappa shape index (κ2) is 12.3. The van der Waals surface area contributed by atoms with Crippen molar-refractivity contribution in [1.82, 2.24) is 0 Å². The van der Waals surface area contributed by atoms with Crippen molar-refractivity contribution >= 4 is 22.1 Å². The van der Waals surface area contributed by atoms with E-state index < -0.39 is 33.9 Å². The Kier molecular flexibility index (Phi) is 9.21. The van der Waals surface area contributed by atoms with E-state index in [0.29, 0.717) is 5.56 Å². The third-order valence-electron chi connectivity index (χ3n) is 5.48. The van der Waals surface area contributed by atoms with Gasteiger partial charge in [-0.2, -0.15) is 8.42 Å². The molecule has 0 spiro atoms. The van der Waals surface area contributed by atoms with Crippen molar-refractivity contribution in [2.45, 2.75) is 31.3 Å². The number of ether oxygens (including phenoxy) is 2. The lowest BCUT2D eigenvalue weighted by Crippen LogP contribution is -2.36. The topological polar surface area (TPSA) is 122 Å². The quantitative estimate of drug-likeness (QED) is 0.305. The van der Waals surface area contributed by atoms with Crippen LogP contribution in [0.15, 0.2) is 83.8 Å². The molecule has 0 aliphatic carbocycles. The van der Waals surface area contributed by atoms with Gasteiger partial charge in [-0.3, -0.25) is 9.59 Å². The van der Waals surface area contributed by atoms with Crippen LogP contribution in [-0.2, 0) is 35.8 Å². The van der Waals surface area contributed by atoms with Gasteiger partial charge in [0.15, 0.2) is 0 Å². The normalized spacial score (nSPS) is 12.9. The smallest absolute Gasteiger partial charge is 0.339 e. The number of nitrogens with two attached hydrogens (primary N) is 1. The lowest BCUT2D eigenvalue weighted by molar-refractivity contribution is -0.157. The lowest BCUT2D eigenvalue weighted by Gasteiger charge is -2.24. The molecular formula is C27H29NO7S. The maximum absolute atomic E-state index is 13.1. The molecule has 2 N–H and O–H groups in total. The molecule has 2 atom stereocenters. The zero-order chi connectivity index (χ0) is 26.1. The molecule has 3 rings (SSSR count). The van der Waals surface area contributed by atoms with E-state index in [-0.39, 0.29) is 30.4 Å². The molecule has 3 aromatic rings. The zero-order valence-corrected chi connectivity index (χ0v) is 20.9. The van der Waals surface area contributed by atoms with Crippen molar-refractivity contribution < 1.29 is 31.7 Å². The number of aryl methyl sites for hydroxylation is 1. The second-order valence-electron chi connectivity index (χ2n) is 8.08. The van der Waals surface area contributed by atoms with Gasteiger partial charge in [0.25, 0.3) is 0 Å². The monoisotopic (exact) mass is 511 g/mol. The van der Waals surface area contributed by atoms with Gasteiger partial charge in [-0.05, 0) is 49.2 Å². The lowest BCUT2D eigenvalue weighted by atomic mass is 9.86. The summed E-state index contributed by atoms with van der Waals surface area (Å²) in [5, 5.41) is 0. The number of hydrogen-bond acceptors (Lipinski definition) is 8. The van der Waals surface area contributed by atoms with Gasteiger partial charge in [0.05, 0.1) is 18.4 Å². The summed E-state index contributed by atoms with van der Waals surface area (Å²) < 4.78 is 41.1. The van der Waals surface area contributed by atoms with Crippen LogP contribution in [0.1, 0.15) is 29.5 Å². The maximum atomic E-state index is 13.1. The molecule has 8 nitrogen and oxygen atoms in total. The summed E-state index contributed by atoms with van der Waals surface area (Å²) in [6.07, 6.45) is 0. The average Bonchev–Trinajstić information content (AvgIpc) is 2.87. The largest absolute Gasteiger partial charge is 0.466 e.